The van der Waals surface area contributed by atoms with Crippen LogP contribution in [0.2, 0.25) is 10.0 Å². The highest BCUT2D eigenvalue weighted by Crippen LogP contribution is 2.33. The Morgan fingerprint density at radius 1 is 0.667 bits per heavy atom. The Balaban J connectivity index is 1.74. The molecule has 30 heavy (non-hydrogen) atoms. The van der Waals surface area contributed by atoms with E-state index in [2.05, 4.69) is 10.6 Å². The van der Waals surface area contributed by atoms with E-state index in [1.165, 1.54) is 0 Å². The smallest absolute Gasteiger partial charge is 0.174 e. The van der Waals surface area contributed by atoms with Crippen molar-refractivity contribution in [2.24, 2.45) is 0 Å². The van der Waals surface area contributed by atoms with Crippen LogP contribution in [0.5, 0.6) is 11.5 Å². The van der Waals surface area contributed by atoms with Crippen LogP contribution in [0.15, 0.2) is 60.7 Å². The molecule has 0 unspecified atom stereocenters. The van der Waals surface area contributed by atoms with Crippen LogP contribution in [-0.2, 0) is 0 Å². The van der Waals surface area contributed by atoms with Gasteiger partial charge in [0.1, 0.15) is 11.5 Å². The van der Waals surface area contributed by atoms with Crippen molar-refractivity contribution >= 4 is 57.2 Å². The monoisotopic (exact) mass is 440 g/mol. The van der Waals surface area contributed by atoms with Gasteiger partial charge in [-0.05, 0) is 48.5 Å². The lowest BCUT2D eigenvalue weighted by molar-refractivity contribution is 0.415. The molecule has 2 N–H and O–H groups in total. The number of nitrogens with zero attached hydrogens (tertiary/aromatic N) is 2. The lowest BCUT2D eigenvalue weighted by atomic mass is 10.2. The minimum atomic E-state index is 0.493. The van der Waals surface area contributed by atoms with E-state index in [4.69, 9.17) is 42.6 Å². The van der Waals surface area contributed by atoms with E-state index < -0.39 is 0 Å². The third-order valence-electron chi connectivity index (χ3n) is 4.40. The van der Waals surface area contributed by atoms with Gasteiger partial charge in [0.15, 0.2) is 11.6 Å². The molecule has 0 spiro atoms. The normalized spacial score (nSPS) is 10.7. The Labute approximate surface area is 183 Å². The highest BCUT2D eigenvalue weighted by Gasteiger charge is 2.12. The number of nitrogens with one attached hydrogen (secondary N) is 2. The van der Waals surface area contributed by atoms with Crippen LogP contribution in [0.3, 0.4) is 0 Å². The van der Waals surface area contributed by atoms with Crippen molar-refractivity contribution in [3.05, 3.63) is 70.7 Å². The van der Waals surface area contributed by atoms with Gasteiger partial charge in [-0.2, -0.15) is 0 Å². The molecule has 1 aromatic heterocycles. The minimum absolute atomic E-state index is 0.493. The fourth-order valence-electron chi connectivity index (χ4n) is 2.94. The Hall–Kier alpha value is -3.22. The van der Waals surface area contributed by atoms with Crippen LogP contribution in [0, 0.1) is 0 Å². The highest BCUT2D eigenvalue weighted by atomic mass is 35.5. The van der Waals surface area contributed by atoms with E-state index in [9.17, 15) is 0 Å². The standard InChI is InChI=1S/C22H18Cl2N4O2/c1-29-19-9-7-13(11-15(19)23)25-21-22(28-18-6-4-3-5-17(18)27-21)26-14-8-10-20(30-2)16(24)12-14/h3-12H,1-2H3,(H,25,27)(H,26,28). The summed E-state index contributed by atoms with van der Waals surface area (Å²) in [5, 5.41) is 7.55. The molecule has 0 fully saturated rings. The fraction of sp³-hybridized carbons (Fsp3) is 0.0909. The Morgan fingerprint density at radius 3 is 1.47 bits per heavy atom. The summed E-state index contributed by atoms with van der Waals surface area (Å²) in [4.78, 5) is 9.45. The molecule has 0 saturated carbocycles. The third kappa shape index (κ3) is 4.20. The molecule has 0 saturated heterocycles. The second kappa shape index (κ2) is 8.65. The molecular formula is C22H18Cl2N4O2. The second-order valence-corrected chi connectivity index (χ2v) is 7.17. The van der Waals surface area contributed by atoms with Crippen LogP contribution in [-0.4, -0.2) is 24.2 Å². The molecule has 4 rings (SSSR count). The summed E-state index contributed by atoms with van der Waals surface area (Å²) >= 11 is 12.5. The summed E-state index contributed by atoms with van der Waals surface area (Å²) in [5.74, 6) is 2.28. The number of hydrogen-bond acceptors (Lipinski definition) is 6. The number of hydrogen-bond donors (Lipinski definition) is 2. The molecule has 0 amide bonds. The Bertz CT molecular complexity index is 1120. The van der Waals surface area contributed by atoms with E-state index >= 15 is 0 Å². The van der Waals surface area contributed by atoms with Gasteiger partial charge in [0.2, 0.25) is 0 Å². The van der Waals surface area contributed by atoms with Gasteiger partial charge in [-0.25, -0.2) is 9.97 Å². The molecule has 0 atom stereocenters. The van der Waals surface area contributed by atoms with Gasteiger partial charge in [0, 0.05) is 11.4 Å². The van der Waals surface area contributed by atoms with Gasteiger partial charge >= 0.3 is 0 Å². The van der Waals surface area contributed by atoms with Crippen LogP contribution >= 0.6 is 23.2 Å². The van der Waals surface area contributed by atoms with Crippen molar-refractivity contribution in [3.63, 3.8) is 0 Å². The highest BCUT2D eigenvalue weighted by molar-refractivity contribution is 6.32. The van der Waals surface area contributed by atoms with Crippen molar-refractivity contribution in [3.8, 4) is 11.5 Å². The lowest BCUT2D eigenvalue weighted by Gasteiger charge is -2.15. The number of benzene rings is 3. The molecule has 0 aliphatic carbocycles. The molecule has 4 aromatic rings. The molecule has 6 nitrogen and oxygen atoms in total. The van der Waals surface area contributed by atoms with Crippen molar-refractivity contribution in [1.82, 2.24) is 9.97 Å². The first-order valence-electron chi connectivity index (χ1n) is 9.05. The number of anilines is 4. The average molecular weight is 441 g/mol. The van der Waals surface area contributed by atoms with Crippen molar-refractivity contribution in [2.75, 3.05) is 24.9 Å². The topological polar surface area (TPSA) is 68.3 Å². The summed E-state index contributed by atoms with van der Waals surface area (Å²) in [6.45, 7) is 0. The molecule has 152 valence electrons. The number of halogens is 2. The Kier molecular flexibility index (Phi) is 5.79. The zero-order valence-corrected chi connectivity index (χ0v) is 17.8. The first-order valence-corrected chi connectivity index (χ1v) is 9.81. The predicted octanol–water partition coefficient (Wildman–Crippen LogP) is 6.44. The lowest BCUT2D eigenvalue weighted by Crippen LogP contribution is -2.03. The number of rotatable bonds is 6. The number of para-hydroxylation sites is 2. The first-order chi connectivity index (χ1) is 14.6. The molecule has 1 heterocycles. The fourth-order valence-corrected chi connectivity index (χ4v) is 3.45. The van der Waals surface area contributed by atoms with Gasteiger partial charge in [-0.15, -0.1) is 0 Å². The van der Waals surface area contributed by atoms with Gasteiger partial charge in [0.05, 0.1) is 35.3 Å². The summed E-state index contributed by atoms with van der Waals surface area (Å²) < 4.78 is 10.4. The number of aromatic nitrogens is 2. The van der Waals surface area contributed by atoms with Gasteiger partial charge in [-0.1, -0.05) is 35.3 Å². The maximum Gasteiger partial charge on any atom is 0.174 e. The number of fused-ring (bicyclic) bond motifs is 1. The van der Waals surface area contributed by atoms with Crippen LogP contribution in [0.25, 0.3) is 11.0 Å². The van der Waals surface area contributed by atoms with Crippen LogP contribution in [0.1, 0.15) is 0 Å². The minimum Gasteiger partial charge on any atom is -0.495 e. The van der Waals surface area contributed by atoms with E-state index in [1.54, 1.807) is 38.5 Å². The SMILES string of the molecule is COc1ccc(Nc2nc3ccccc3nc2Nc2ccc(OC)c(Cl)c2)cc1Cl. The van der Waals surface area contributed by atoms with Crippen molar-refractivity contribution in [1.29, 1.82) is 0 Å². The number of methoxy groups -OCH3 is 2. The quantitative estimate of drug-likeness (QED) is 0.359. The maximum absolute atomic E-state index is 6.26. The molecule has 0 aliphatic heterocycles. The maximum atomic E-state index is 6.26. The molecule has 0 bridgehead atoms. The second-order valence-electron chi connectivity index (χ2n) is 6.36. The molecule has 8 heteroatoms. The molecule has 0 radical (unpaired) electrons. The first kappa shape index (κ1) is 20.1. The Morgan fingerprint density at radius 2 is 1.10 bits per heavy atom. The number of ether oxygens (including phenoxy) is 2. The molecule has 3 aromatic carbocycles. The van der Waals surface area contributed by atoms with Gasteiger partial charge < -0.3 is 20.1 Å². The third-order valence-corrected chi connectivity index (χ3v) is 4.99. The summed E-state index contributed by atoms with van der Waals surface area (Å²) in [6, 6.07) is 18.5. The largest absolute Gasteiger partial charge is 0.495 e. The van der Waals surface area contributed by atoms with Crippen LogP contribution in [0.4, 0.5) is 23.0 Å². The van der Waals surface area contributed by atoms with E-state index in [1.807, 2.05) is 36.4 Å². The van der Waals surface area contributed by atoms with Gasteiger partial charge in [-0.3, -0.25) is 0 Å². The summed E-state index contributed by atoms with van der Waals surface area (Å²) in [5.41, 5.74) is 3.03. The van der Waals surface area contributed by atoms with Gasteiger partial charge in [0.25, 0.3) is 0 Å². The summed E-state index contributed by atoms with van der Waals surface area (Å²) in [6.07, 6.45) is 0. The van der Waals surface area contributed by atoms with E-state index in [0.717, 1.165) is 22.4 Å². The van der Waals surface area contributed by atoms with Crippen molar-refractivity contribution in [2.45, 2.75) is 0 Å². The van der Waals surface area contributed by atoms with Crippen LogP contribution < -0.4 is 20.1 Å². The zero-order chi connectivity index (χ0) is 21.1. The van der Waals surface area contributed by atoms with E-state index in [-0.39, 0.29) is 0 Å². The molecular weight excluding hydrogens is 423 g/mol. The molecule has 0 aliphatic rings. The predicted molar refractivity (Wildman–Crippen MR) is 122 cm³/mol. The average Bonchev–Trinajstić information content (AvgIpc) is 2.74. The summed E-state index contributed by atoms with van der Waals surface area (Å²) in [7, 11) is 3.15. The van der Waals surface area contributed by atoms with E-state index in [0.29, 0.717) is 33.2 Å². The zero-order valence-electron chi connectivity index (χ0n) is 16.2. The van der Waals surface area contributed by atoms with Crippen molar-refractivity contribution < 1.29 is 9.47 Å².